The van der Waals surface area contributed by atoms with Crippen molar-refractivity contribution in [3.8, 4) is 0 Å². The van der Waals surface area contributed by atoms with E-state index in [9.17, 15) is 4.79 Å². The molecule has 0 aromatic carbocycles. The Hall–Kier alpha value is -0.690. The maximum atomic E-state index is 10.6. The van der Waals surface area contributed by atoms with Gasteiger partial charge in [-0.15, -0.1) is 11.3 Å². The van der Waals surface area contributed by atoms with Crippen molar-refractivity contribution in [1.82, 2.24) is 4.98 Å². The van der Waals surface area contributed by atoms with Gasteiger partial charge >= 0.3 is 5.97 Å². The lowest BCUT2D eigenvalue weighted by Crippen LogP contribution is -1.95. The Labute approximate surface area is 88.2 Å². The molecule has 1 aliphatic rings. The number of aromatic nitrogens is 1. The molecular formula is C7H6ClNO4S. The van der Waals surface area contributed by atoms with Crippen LogP contribution in [0.25, 0.3) is 0 Å². The molecule has 1 saturated heterocycles. The quantitative estimate of drug-likeness (QED) is 0.842. The summed E-state index contributed by atoms with van der Waals surface area (Å²) >= 11 is 6.72. The molecule has 0 aliphatic carbocycles. The Kier molecular flexibility index (Phi) is 2.69. The Morgan fingerprint density at radius 2 is 2.21 bits per heavy atom. The molecule has 0 amide bonds. The number of nitrogens with zero attached hydrogens (tertiary/aromatic N) is 1. The van der Waals surface area contributed by atoms with Crippen molar-refractivity contribution in [2.45, 2.75) is 6.29 Å². The maximum Gasteiger partial charge on any atom is 0.365 e. The molecule has 76 valence electrons. The fourth-order valence-electron chi connectivity index (χ4n) is 1.06. The normalized spacial score (nSPS) is 17.5. The predicted octanol–water partition coefficient (Wildman–Crippen LogP) is 1.54. The fourth-order valence-corrected chi connectivity index (χ4v) is 2.19. The monoisotopic (exact) mass is 235 g/mol. The van der Waals surface area contributed by atoms with Gasteiger partial charge in [0.1, 0.15) is 10.0 Å². The highest BCUT2D eigenvalue weighted by Crippen LogP contribution is 2.34. The molecule has 5 nitrogen and oxygen atoms in total. The second-order valence-corrected chi connectivity index (χ2v) is 3.94. The smallest absolute Gasteiger partial charge is 0.365 e. The van der Waals surface area contributed by atoms with Crippen LogP contribution in [-0.2, 0) is 9.47 Å². The summed E-state index contributed by atoms with van der Waals surface area (Å²) in [6.45, 7) is 0.975. The van der Waals surface area contributed by atoms with E-state index < -0.39 is 12.3 Å². The minimum absolute atomic E-state index is 0.0518. The summed E-state index contributed by atoms with van der Waals surface area (Å²) < 4.78 is 10.4. The highest BCUT2D eigenvalue weighted by atomic mass is 35.5. The van der Waals surface area contributed by atoms with Gasteiger partial charge in [0.25, 0.3) is 0 Å². The van der Waals surface area contributed by atoms with Gasteiger partial charge in [-0.2, -0.15) is 0 Å². The van der Waals surface area contributed by atoms with E-state index in [1.165, 1.54) is 0 Å². The largest absolute Gasteiger partial charge is 0.476 e. The number of carbonyl (C=O) groups is 1. The molecule has 0 saturated carbocycles. The van der Waals surface area contributed by atoms with Gasteiger partial charge < -0.3 is 14.6 Å². The second-order valence-electron chi connectivity index (χ2n) is 2.55. The average molecular weight is 236 g/mol. The molecule has 1 aromatic heterocycles. The van der Waals surface area contributed by atoms with Crippen LogP contribution in [0.4, 0.5) is 0 Å². The third kappa shape index (κ3) is 1.74. The van der Waals surface area contributed by atoms with Crippen molar-refractivity contribution in [3.63, 3.8) is 0 Å². The van der Waals surface area contributed by atoms with Gasteiger partial charge in [0.15, 0.2) is 6.29 Å². The average Bonchev–Trinajstić information content (AvgIpc) is 2.71. The first-order chi connectivity index (χ1) is 6.68. The topological polar surface area (TPSA) is 68.7 Å². The van der Waals surface area contributed by atoms with E-state index in [0.717, 1.165) is 11.3 Å². The molecule has 0 bridgehead atoms. The number of aromatic carboxylic acids is 1. The summed E-state index contributed by atoms with van der Waals surface area (Å²) in [4.78, 5) is 14.8. The third-order valence-electron chi connectivity index (χ3n) is 1.63. The number of carboxylic acids is 1. The molecule has 0 atom stereocenters. The van der Waals surface area contributed by atoms with E-state index in [-0.39, 0.29) is 10.2 Å². The van der Waals surface area contributed by atoms with Crippen molar-refractivity contribution < 1.29 is 19.4 Å². The van der Waals surface area contributed by atoms with Gasteiger partial charge in [0, 0.05) is 0 Å². The van der Waals surface area contributed by atoms with E-state index in [1.807, 2.05) is 0 Å². The lowest BCUT2D eigenvalue weighted by molar-refractivity contribution is -0.0413. The standard InChI is InChI=1S/C7H6ClNO4S/c8-4-3(7-12-1-2-13-7)14-5(9-4)6(10)11/h7H,1-2H2,(H,10,11). The predicted molar refractivity (Wildman–Crippen MR) is 48.7 cm³/mol. The van der Waals surface area contributed by atoms with Gasteiger partial charge in [-0.25, -0.2) is 9.78 Å². The van der Waals surface area contributed by atoms with Gasteiger partial charge in [-0.1, -0.05) is 11.6 Å². The van der Waals surface area contributed by atoms with Crippen molar-refractivity contribution in [2.75, 3.05) is 13.2 Å². The third-order valence-corrected chi connectivity index (χ3v) is 3.09. The summed E-state index contributed by atoms with van der Waals surface area (Å²) in [5, 5.41) is 8.76. The van der Waals surface area contributed by atoms with Crippen LogP contribution < -0.4 is 0 Å². The minimum atomic E-state index is -1.10. The number of rotatable bonds is 2. The summed E-state index contributed by atoms with van der Waals surface area (Å²) in [6.07, 6.45) is -0.562. The molecule has 2 rings (SSSR count). The molecule has 1 N–H and O–H groups in total. The van der Waals surface area contributed by atoms with E-state index in [2.05, 4.69) is 4.98 Å². The summed E-state index contributed by atoms with van der Waals surface area (Å²) in [5.41, 5.74) is 0. The number of hydrogen-bond donors (Lipinski definition) is 1. The molecule has 14 heavy (non-hydrogen) atoms. The van der Waals surface area contributed by atoms with Gasteiger partial charge in [-0.3, -0.25) is 0 Å². The maximum absolute atomic E-state index is 10.6. The molecular weight excluding hydrogens is 230 g/mol. The van der Waals surface area contributed by atoms with Crippen molar-refractivity contribution >= 4 is 28.9 Å². The summed E-state index contributed by atoms with van der Waals surface area (Å²) in [7, 11) is 0. The molecule has 0 spiro atoms. The first kappa shape index (κ1) is 9.85. The van der Waals surface area contributed by atoms with Crippen LogP contribution in [0.1, 0.15) is 21.0 Å². The Bertz CT molecular complexity index is 361. The lowest BCUT2D eigenvalue weighted by atomic mass is 10.5. The SMILES string of the molecule is O=C(O)c1nc(Cl)c(C2OCCO2)s1. The summed E-state index contributed by atoms with van der Waals surface area (Å²) in [6, 6.07) is 0. The van der Waals surface area contributed by atoms with Gasteiger partial charge in [0.2, 0.25) is 5.01 Å². The minimum Gasteiger partial charge on any atom is -0.476 e. The zero-order valence-corrected chi connectivity index (χ0v) is 8.47. The molecule has 1 fully saturated rings. The van der Waals surface area contributed by atoms with Crippen LogP contribution in [-0.4, -0.2) is 29.3 Å². The molecule has 1 aromatic rings. The molecule has 2 heterocycles. The Morgan fingerprint density at radius 1 is 1.57 bits per heavy atom. The van der Waals surface area contributed by atoms with Crippen LogP contribution in [0.5, 0.6) is 0 Å². The van der Waals surface area contributed by atoms with Crippen LogP contribution >= 0.6 is 22.9 Å². The zero-order valence-electron chi connectivity index (χ0n) is 6.90. The highest BCUT2D eigenvalue weighted by Gasteiger charge is 2.26. The number of halogens is 1. The van der Waals surface area contributed by atoms with Crippen molar-refractivity contribution in [1.29, 1.82) is 0 Å². The van der Waals surface area contributed by atoms with E-state index >= 15 is 0 Å². The van der Waals surface area contributed by atoms with E-state index in [1.54, 1.807) is 0 Å². The molecule has 0 radical (unpaired) electrons. The van der Waals surface area contributed by atoms with Gasteiger partial charge in [-0.05, 0) is 0 Å². The molecule has 0 unspecified atom stereocenters. The van der Waals surface area contributed by atoms with Crippen LogP contribution in [0.3, 0.4) is 0 Å². The molecule has 7 heteroatoms. The van der Waals surface area contributed by atoms with E-state index in [4.69, 9.17) is 26.2 Å². The van der Waals surface area contributed by atoms with Crippen molar-refractivity contribution in [3.05, 3.63) is 15.0 Å². The Balaban J connectivity index is 2.28. The van der Waals surface area contributed by atoms with Crippen LogP contribution in [0, 0.1) is 0 Å². The highest BCUT2D eigenvalue weighted by molar-refractivity contribution is 7.14. The number of thiazole rings is 1. The first-order valence-electron chi connectivity index (χ1n) is 3.81. The number of carboxylic acid groups (broad SMARTS) is 1. The van der Waals surface area contributed by atoms with E-state index in [0.29, 0.717) is 18.1 Å². The number of hydrogen-bond acceptors (Lipinski definition) is 5. The van der Waals surface area contributed by atoms with Crippen molar-refractivity contribution in [2.24, 2.45) is 0 Å². The zero-order chi connectivity index (χ0) is 10.1. The lowest BCUT2D eigenvalue weighted by Gasteiger charge is -2.04. The summed E-state index contributed by atoms with van der Waals surface area (Å²) in [5.74, 6) is -1.10. The molecule has 1 aliphatic heterocycles. The fraction of sp³-hybridized carbons (Fsp3) is 0.429. The Morgan fingerprint density at radius 3 is 2.71 bits per heavy atom. The first-order valence-corrected chi connectivity index (χ1v) is 5.00. The second kappa shape index (κ2) is 3.82. The van der Waals surface area contributed by atoms with Crippen LogP contribution in [0.2, 0.25) is 5.15 Å². The number of ether oxygens (including phenoxy) is 2. The van der Waals surface area contributed by atoms with Crippen LogP contribution in [0.15, 0.2) is 0 Å². The van der Waals surface area contributed by atoms with Gasteiger partial charge in [0.05, 0.1) is 13.2 Å².